The molecule has 18 heavy (non-hydrogen) atoms. The maximum Gasteiger partial charge on any atom is 0.238 e. The molecule has 2 N–H and O–H groups in total. The van der Waals surface area contributed by atoms with Crippen LogP contribution in [-0.2, 0) is 16.6 Å². The molecule has 0 aliphatic rings. The molecule has 0 radical (unpaired) electrons. The van der Waals surface area contributed by atoms with Gasteiger partial charge in [0.2, 0.25) is 10.0 Å². The number of hydrogen-bond donors (Lipinski definition) is 1. The second kappa shape index (κ2) is 4.71. The van der Waals surface area contributed by atoms with Crippen molar-refractivity contribution in [2.75, 3.05) is 0 Å². The maximum absolute atomic E-state index is 11.1. The molecule has 0 amide bonds. The van der Waals surface area contributed by atoms with E-state index in [0.717, 1.165) is 5.56 Å². The molecule has 2 rings (SSSR count). The molecule has 0 spiro atoms. The summed E-state index contributed by atoms with van der Waals surface area (Å²) in [7, 11) is -3.67. The Hall–Kier alpha value is -1.99. The Morgan fingerprint density at radius 3 is 2.56 bits per heavy atom. The van der Waals surface area contributed by atoms with Crippen molar-refractivity contribution in [1.29, 1.82) is 0 Å². The van der Waals surface area contributed by atoms with E-state index in [2.05, 4.69) is 16.8 Å². The minimum Gasteiger partial charge on any atom is -0.310 e. The molecular weight excluding hydrogens is 252 g/mol. The molecule has 94 valence electrons. The second-order valence-corrected chi connectivity index (χ2v) is 5.23. The van der Waals surface area contributed by atoms with Crippen LogP contribution in [0.1, 0.15) is 0 Å². The monoisotopic (exact) mass is 264 g/mol. The van der Waals surface area contributed by atoms with Crippen molar-refractivity contribution in [1.82, 2.24) is 14.8 Å². The highest BCUT2D eigenvalue weighted by atomic mass is 32.2. The van der Waals surface area contributed by atoms with Gasteiger partial charge in [0.25, 0.3) is 0 Å². The van der Waals surface area contributed by atoms with Crippen LogP contribution in [0.15, 0.2) is 48.1 Å². The van der Waals surface area contributed by atoms with E-state index >= 15 is 0 Å². The van der Waals surface area contributed by atoms with Gasteiger partial charge >= 0.3 is 0 Å². The Balaban J connectivity index is 2.40. The first kappa shape index (κ1) is 12.5. The van der Waals surface area contributed by atoms with Crippen molar-refractivity contribution in [3.8, 4) is 11.4 Å². The standard InChI is InChI=1S/C11H12N4O2S/c1-2-7-15-8-13-14-11(15)9-3-5-10(6-4-9)18(12,16)17/h2-6,8H,1,7H2,(H2,12,16,17). The molecule has 6 nitrogen and oxygen atoms in total. The molecule has 0 bridgehead atoms. The summed E-state index contributed by atoms with van der Waals surface area (Å²) in [5.74, 6) is 0.649. The summed E-state index contributed by atoms with van der Waals surface area (Å²) >= 11 is 0. The van der Waals surface area contributed by atoms with Gasteiger partial charge in [-0.1, -0.05) is 6.08 Å². The maximum atomic E-state index is 11.1. The summed E-state index contributed by atoms with van der Waals surface area (Å²) in [4.78, 5) is 0.0704. The van der Waals surface area contributed by atoms with Crippen molar-refractivity contribution in [3.05, 3.63) is 43.2 Å². The molecule has 0 unspecified atom stereocenters. The van der Waals surface area contributed by atoms with Crippen molar-refractivity contribution < 1.29 is 8.42 Å². The van der Waals surface area contributed by atoms with E-state index in [0.29, 0.717) is 12.4 Å². The number of hydrogen-bond acceptors (Lipinski definition) is 4. The number of sulfonamides is 1. The van der Waals surface area contributed by atoms with Gasteiger partial charge in [-0.3, -0.25) is 0 Å². The van der Waals surface area contributed by atoms with Crippen LogP contribution in [0.2, 0.25) is 0 Å². The van der Waals surface area contributed by atoms with Gasteiger partial charge in [-0.25, -0.2) is 13.6 Å². The zero-order valence-corrected chi connectivity index (χ0v) is 10.3. The molecule has 0 fully saturated rings. The third kappa shape index (κ3) is 2.47. The molecule has 1 heterocycles. The van der Waals surface area contributed by atoms with Gasteiger partial charge in [0, 0.05) is 12.1 Å². The lowest BCUT2D eigenvalue weighted by molar-refractivity contribution is 0.598. The quantitative estimate of drug-likeness (QED) is 0.826. The van der Waals surface area contributed by atoms with Crippen LogP contribution < -0.4 is 5.14 Å². The number of allylic oxidation sites excluding steroid dienone is 1. The van der Waals surface area contributed by atoms with Gasteiger partial charge in [0.15, 0.2) is 5.82 Å². The van der Waals surface area contributed by atoms with Crippen molar-refractivity contribution in [2.24, 2.45) is 5.14 Å². The van der Waals surface area contributed by atoms with Gasteiger partial charge < -0.3 is 4.57 Å². The smallest absolute Gasteiger partial charge is 0.238 e. The highest BCUT2D eigenvalue weighted by Crippen LogP contribution is 2.18. The van der Waals surface area contributed by atoms with E-state index in [4.69, 9.17) is 5.14 Å². The molecule has 0 aliphatic carbocycles. The van der Waals surface area contributed by atoms with Gasteiger partial charge in [0.05, 0.1) is 4.90 Å². The van der Waals surface area contributed by atoms with E-state index in [-0.39, 0.29) is 4.90 Å². The summed E-state index contributed by atoms with van der Waals surface area (Å²) in [6.07, 6.45) is 3.32. The highest BCUT2D eigenvalue weighted by molar-refractivity contribution is 7.89. The SMILES string of the molecule is C=CCn1cnnc1-c1ccc(S(N)(=O)=O)cc1. The minimum atomic E-state index is -3.67. The predicted molar refractivity (Wildman–Crippen MR) is 67.0 cm³/mol. The fraction of sp³-hybridized carbons (Fsp3) is 0.0909. The summed E-state index contributed by atoms with van der Waals surface area (Å²) in [5, 5.41) is 12.8. The molecule has 1 aromatic heterocycles. The van der Waals surface area contributed by atoms with Gasteiger partial charge in [-0.2, -0.15) is 0 Å². The molecule has 0 atom stereocenters. The van der Waals surface area contributed by atoms with E-state index in [9.17, 15) is 8.42 Å². The van der Waals surface area contributed by atoms with Crippen LogP contribution in [0.25, 0.3) is 11.4 Å². The van der Waals surface area contributed by atoms with Gasteiger partial charge in [-0.05, 0) is 24.3 Å². The fourth-order valence-corrected chi connectivity index (χ4v) is 2.06. The Morgan fingerprint density at radius 1 is 1.33 bits per heavy atom. The Bertz CT molecular complexity index is 659. The lowest BCUT2D eigenvalue weighted by Crippen LogP contribution is -2.11. The molecule has 7 heteroatoms. The van der Waals surface area contributed by atoms with Crippen LogP contribution >= 0.6 is 0 Å². The third-order valence-electron chi connectivity index (χ3n) is 2.38. The van der Waals surface area contributed by atoms with Crippen molar-refractivity contribution in [2.45, 2.75) is 11.4 Å². The summed E-state index contributed by atoms with van der Waals surface area (Å²) in [5.41, 5.74) is 0.766. The molecule has 0 aliphatic heterocycles. The first-order valence-electron chi connectivity index (χ1n) is 5.14. The Kier molecular flexibility index (Phi) is 3.26. The average molecular weight is 264 g/mol. The van der Waals surface area contributed by atoms with Crippen LogP contribution in [0.3, 0.4) is 0 Å². The number of aromatic nitrogens is 3. The van der Waals surface area contributed by atoms with E-state index in [1.54, 1.807) is 29.1 Å². The van der Waals surface area contributed by atoms with E-state index in [1.807, 2.05) is 0 Å². The zero-order valence-electron chi connectivity index (χ0n) is 9.52. The van der Waals surface area contributed by atoms with Crippen molar-refractivity contribution >= 4 is 10.0 Å². The topological polar surface area (TPSA) is 90.9 Å². The highest BCUT2D eigenvalue weighted by Gasteiger charge is 2.10. The average Bonchev–Trinajstić information content (AvgIpc) is 2.77. The number of nitrogens with two attached hydrogens (primary N) is 1. The lowest BCUT2D eigenvalue weighted by atomic mass is 10.2. The summed E-state index contributed by atoms with van der Waals surface area (Å²) < 4.78 is 24.1. The normalized spacial score (nSPS) is 11.4. The first-order valence-corrected chi connectivity index (χ1v) is 6.69. The Labute approximate surface area is 105 Å². The summed E-state index contributed by atoms with van der Waals surface area (Å²) in [6, 6.07) is 6.17. The minimum absolute atomic E-state index is 0.0704. The van der Waals surface area contributed by atoms with Crippen LogP contribution in [0.5, 0.6) is 0 Å². The largest absolute Gasteiger partial charge is 0.310 e. The van der Waals surface area contributed by atoms with Crippen LogP contribution in [0, 0.1) is 0 Å². The lowest BCUT2D eigenvalue weighted by Gasteiger charge is -2.04. The second-order valence-electron chi connectivity index (χ2n) is 3.66. The number of rotatable bonds is 4. The summed E-state index contributed by atoms with van der Waals surface area (Å²) in [6.45, 7) is 4.23. The van der Waals surface area contributed by atoms with Gasteiger partial charge in [-0.15, -0.1) is 16.8 Å². The molecular formula is C11H12N4O2S. The van der Waals surface area contributed by atoms with Crippen molar-refractivity contribution in [3.63, 3.8) is 0 Å². The van der Waals surface area contributed by atoms with Crippen LogP contribution in [0.4, 0.5) is 0 Å². The van der Waals surface area contributed by atoms with E-state index < -0.39 is 10.0 Å². The number of nitrogens with zero attached hydrogens (tertiary/aromatic N) is 3. The fourth-order valence-electron chi connectivity index (χ4n) is 1.54. The van der Waals surface area contributed by atoms with E-state index in [1.165, 1.54) is 12.1 Å². The predicted octanol–water partition coefficient (Wildman–Crippen LogP) is 0.778. The van der Waals surface area contributed by atoms with Gasteiger partial charge in [0.1, 0.15) is 6.33 Å². The molecule has 0 saturated heterocycles. The number of benzene rings is 1. The first-order chi connectivity index (χ1) is 8.52. The molecule has 0 saturated carbocycles. The molecule has 1 aromatic carbocycles. The Morgan fingerprint density at radius 2 is 2.00 bits per heavy atom. The third-order valence-corrected chi connectivity index (χ3v) is 3.31. The molecule has 2 aromatic rings. The number of primary sulfonamides is 1. The zero-order chi connectivity index (χ0) is 13.2. The van der Waals surface area contributed by atoms with Crippen LogP contribution in [-0.4, -0.2) is 23.2 Å².